The van der Waals surface area contributed by atoms with Crippen molar-refractivity contribution >= 4 is 23.6 Å². The van der Waals surface area contributed by atoms with Crippen LogP contribution in [0.5, 0.6) is 0 Å². The molecule has 116 valence electrons. The van der Waals surface area contributed by atoms with E-state index in [9.17, 15) is 9.59 Å². The third kappa shape index (κ3) is 4.96. The molecular weight excluding hydrogens is 282 g/mol. The van der Waals surface area contributed by atoms with E-state index in [1.165, 1.54) is 26.0 Å². The van der Waals surface area contributed by atoms with Crippen LogP contribution in [0.2, 0.25) is 0 Å². The highest BCUT2D eigenvalue weighted by molar-refractivity contribution is 8.01. The van der Waals surface area contributed by atoms with Crippen LogP contribution >= 0.6 is 11.8 Å². The van der Waals surface area contributed by atoms with Crippen molar-refractivity contribution in [1.82, 2.24) is 4.90 Å². The highest BCUT2D eigenvalue weighted by Gasteiger charge is 2.38. The predicted molar refractivity (Wildman–Crippen MR) is 76.2 cm³/mol. The standard InChI is InChI=1S/C13H23NO5S/c1-13(2,3)19-10(16)6-7-14-9(15)8-20-11(14)12(17-4)18-5/h11-12H,6-8H2,1-5H3. The van der Waals surface area contributed by atoms with E-state index in [1.807, 2.05) is 20.8 Å². The molecule has 1 rings (SSSR count). The maximum absolute atomic E-state index is 11.9. The van der Waals surface area contributed by atoms with Gasteiger partial charge in [0.2, 0.25) is 5.91 Å². The molecule has 7 heteroatoms. The van der Waals surface area contributed by atoms with Gasteiger partial charge >= 0.3 is 5.97 Å². The van der Waals surface area contributed by atoms with Crippen LogP contribution in [-0.2, 0) is 23.8 Å². The molecule has 1 heterocycles. The Bertz CT molecular complexity index is 351. The van der Waals surface area contributed by atoms with E-state index >= 15 is 0 Å². The Morgan fingerprint density at radius 3 is 2.50 bits per heavy atom. The number of nitrogens with zero attached hydrogens (tertiary/aromatic N) is 1. The number of amides is 1. The zero-order valence-corrected chi connectivity index (χ0v) is 13.5. The van der Waals surface area contributed by atoms with E-state index in [4.69, 9.17) is 14.2 Å². The van der Waals surface area contributed by atoms with Gasteiger partial charge in [0.05, 0.1) is 12.2 Å². The third-order valence-electron chi connectivity index (χ3n) is 2.68. The molecule has 0 aliphatic carbocycles. The number of carbonyl (C=O) groups is 2. The van der Waals surface area contributed by atoms with Crippen LogP contribution in [-0.4, -0.2) is 60.6 Å². The summed E-state index contributed by atoms with van der Waals surface area (Å²) in [6, 6.07) is 0. The number of hydrogen-bond acceptors (Lipinski definition) is 6. The van der Waals surface area contributed by atoms with Gasteiger partial charge in [-0.05, 0) is 20.8 Å². The summed E-state index contributed by atoms with van der Waals surface area (Å²) in [6.45, 7) is 5.76. The predicted octanol–water partition coefficient (Wildman–Crippen LogP) is 1.24. The van der Waals surface area contributed by atoms with Crippen molar-refractivity contribution in [2.24, 2.45) is 0 Å². The molecule has 1 unspecified atom stereocenters. The van der Waals surface area contributed by atoms with Crippen molar-refractivity contribution in [2.75, 3.05) is 26.5 Å². The third-order valence-corrected chi connectivity index (χ3v) is 3.91. The van der Waals surface area contributed by atoms with Gasteiger partial charge in [-0.15, -0.1) is 11.8 Å². The van der Waals surface area contributed by atoms with Crippen LogP contribution in [0.1, 0.15) is 27.2 Å². The molecule has 0 bridgehead atoms. The van der Waals surface area contributed by atoms with Crippen LogP contribution in [0, 0.1) is 0 Å². The molecule has 1 aliphatic rings. The van der Waals surface area contributed by atoms with Crippen LogP contribution in [0.15, 0.2) is 0 Å². The summed E-state index contributed by atoms with van der Waals surface area (Å²) in [6.07, 6.45) is -0.328. The molecular formula is C13H23NO5S. The van der Waals surface area contributed by atoms with Crippen molar-refractivity contribution in [3.63, 3.8) is 0 Å². The molecule has 1 aliphatic heterocycles. The molecule has 0 aromatic rings. The lowest BCUT2D eigenvalue weighted by Gasteiger charge is -2.29. The quantitative estimate of drug-likeness (QED) is 0.543. The maximum atomic E-state index is 11.9. The fraction of sp³-hybridized carbons (Fsp3) is 0.846. The zero-order valence-electron chi connectivity index (χ0n) is 12.7. The topological polar surface area (TPSA) is 65.1 Å². The zero-order chi connectivity index (χ0) is 15.3. The Morgan fingerprint density at radius 2 is 2.00 bits per heavy atom. The van der Waals surface area contributed by atoms with E-state index in [0.717, 1.165) is 0 Å². The summed E-state index contributed by atoms with van der Waals surface area (Å²) in [7, 11) is 3.06. The van der Waals surface area contributed by atoms with Gasteiger partial charge in [0, 0.05) is 20.8 Å². The summed E-state index contributed by atoms with van der Waals surface area (Å²) in [4.78, 5) is 25.2. The number of methoxy groups -OCH3 is 2. The first-order valence-electron chi connectivity index (χ1n) is 6.47. The second kappa shape index (κ2) is 7.28. The molecule has 1 saturated heterocycles. The maximum Gasteiger partial charge on any atom is 0.308 e. The summed E-state index contributed by atoms with van der Waals surface area (Å²) < 4.78 is 15.6. The van der Waals surface area contributed by atoms with Crippen molar-refractivity contribution in [1.29, 1.82) is 0 Å². The van der Waals surface area contributed by atoms with Crippen molar-refractivity contribution < 1.29 is 23.8 Å². The number of ether oxygens (including phenoxy) is 3. The molecule has 0 spiro atoms. The Kier molecular flexibility index (Phi) is 6.29. The van der Waals surface area contributed by atoms with Gasteiger partial charge in [-0.25, -0.2) is 0 Å². The Labute approximate surface area is 124 Å². The van der Waals surface area contributed by atoms with Gasteiger partial charge in [0.25, 0.3) is 0 Å². The minimum absolute atomic E-state index is 0.0114. The van der Waals surface area contributed by atoms with Crippen LogP contribution in [0.25, 0.3) is 0 Å². The average Bonchev–Trinajstić information content (AvgIpc) is 2.68. The molecule has 0 aromatic heterocycles. The summed E-state index contributed by atoms with van der Waals surface area (Å²) in [5.74, 6) is 0.0531. The number of carbonyl (C=O) groups excluding carboxylic acids is 2. The molecule has 6 nitrogen and oxygen atoms in total. The molecule has 1 amide bonds. The molecule has 0 saturated carbocycles. The van der Waals surface area contributed by atoms with Gasteiger partial charge in [-0.2, -0.15) is 0 Å². The van der Waals surface area contributed by atoms with Crippen molar-refractivity contribution in [2.45, 2.75) is 44.5 Å². The van der Waals surface area contributed by atoms with Gasteiger partial charge in [0.15, 0.2) is 6.29 Å². The summed E-state index contributed by atoms with van der Waals surface area (Å²) in [5.41, 5.74) is -0.512. The van der Waals surface area contributed by atoms with E-state index in [0.29, 0.717) is 12.3 Å². The van der Waals surface area contributed by atoms with Crippen LogP contribution in [0.4, 0.5) is 0 Å². The van der Waals surface area contributed by atoms with Gasteiger partial charge < -0.3 is 19.1 Å². The molecule has 0 N–H and O–H groups in total. The second-order valence-corrected chi connectivity index (χ2v) is 6.57. The number of thioether (sulfide) groups is 1. The second-order valence-electron chi connectivity index (χ2n) is 5.46. The fourth-order valence-electron chi connectivity index (χ4n) is 1.88. The number of esters is 1. The molecule has 1 atom stereocenters. The first kappa shape index (κ1) is 17.3. The van der Waals surface area contributed by atoms with Crippen LogP contribution < -0.4 is 0 Å². The van der Waals surface area contributed by atoms with E-state index in [-0.39, 0.29) is 23.7 Å². The van der Waals surface area contributed by atoms with Gasteiger partial charge in [0.1, 0.15) is 11.0 Å². The van der Waals surface area contributed by atoms with E-state index in [2.05, 4.69) is 0 Å². The lowest BCUT2D eigenvalue weighted by atomic mass is 10.2. The fourth-order valence-corrected chi connectivity index (χ4v) is 3.14. The first-order valence-corrected chi connectivity index (χ1v) is 7.52. The molecule has 20 heavy (non-hydrogen) atoms. The highest BCUT2D eigenvalue weighted by Crippen LogP contribution is 2.29. The Hall–Kier alpha value is -0.790. The summed E-state index contributed by atoms with van der Waals surface area (Å²) in [5, 5.41) is -0.222. The number of rotatable bonds is 6. The van der Waals surface area contributed by atoms with Gasteiger partial charge in [-0.3, -0.25) is 9.59 Å². The lowest BCUT2D eigenvalue weighted by Crippen LogP contribution is -2.43. The van der Waals surface area contributed by atoms with Crippen molar-refractivity contribution in [3.8, 4) is 0 Å². The first-order chi connectivity index (χ1) is 9.28. The SMILES string of the molecule is COC(OC)C1SCC(=O)N1CCC(=O)OC(C)(C)C. The Balaban J connectivity index is 2.55. The van der Waals surface area contributed by atoms with Crippen molar-refractivity contribution in [3.05, 3.63) is 0 Å². The van der Waals surface area contributed by atoms with E-state index < -0.39 is 11.9 Å². The van der Waals surface area contributed by atoms with Crippen LogP contribution in [0.3, 0.4) is 0 Å². The van der Waals surface area contributed by atoms with E-state index in [1.54, 1.807) is 4.90 Å². The molecule has 1 fully saturated rings. The molecule has 0 aromatic carbocycles. The minimum atomic E-state index is -0.512. The average molecular weight is 305 g/mol. The summed E-state index contributed by atoms with van der Waals surface area (Å²) >= 11 is 1.45. The number of hydrogen-bond donors (Lipinski definition) is 0. The minimum Gasteiger partial charge on any atom is -0.460 e. The monoisotopic (exact) mass is 305 g/mol. The van der Waals surface area contributed by atoms with Gasteiger partial charge in [-0.1, -0.05) is 0 Å². The normalized spacial score (nSPS) is 19.8. The lowest BCUT2D eigenvalue weighted by molar-refractivity contribution is -0.157. The largest absolute Gasteiger partial charge is 0.460 e. The smallest absolute Gasteiger partial charge is 0.308 e. The highest BCUT2D eigenvalue weighted by atomic mass is 32.2. The Morgan fingerprint density at radius 1 is 1.40 bits per heavy atom. The molecule has 0 radical (unpaired) electrons.